The summed E-state index contributed by atoms with van der Waals surface area (Å²) in [6, 6.07) is 8.55. The summed E-state index contributed by atoms with van der Waals surface area (Å²) in [5.41, 5.74) is 0.240. The van der Waals surface area contributed by atoms with Crippen LogP contribution in [0.2, 0.25) is 5.02 Å². The Labute approximate surface area is 143 Å². The molecule has 0 spiro atoms. The number of thioether (sulfide) groups is 1. The first-order valence-corrected chi connectivity index (χ1v) is 8.46. The first kappa shape index (κ1) is 17.4. The normalized spacial score (nSPS) is 11.8. The highest BCUT2D eigenvalue weighted by Crippen LogP contribution is 2.24. The molecule has 1 heterocycles. The molecule has 0 bridgehead atoms. The van der Waals surface area contributed by atoms with Crippen LogP contribution in [-0.2, 0) is 16.1 Å². The lowest BCUT2D eigenvalue weighted by molar-refractivity contribution is -0.129. The van der Waals surface area contributed by atoms with Crippen LogP contribution in [0.5, 0.6) is 0 Å². The Bertz CT molecular complexity index is 687. The second kappa shape index (κ2) is 8.08. The summed E-state index contributed by atoms with van der Waals surface area (Å²) in [6.45, 7) is 1.73. The van der Waals surface area contributed by atoms with Crippen molar-refractivity contribution in [3.05, 3.63) is 52.9 Å². The third-order valence-corrected chi connectivity index (χ3v) is 4.12. The number of furan rings is 1. The van der Waals surface area contributed by atoms with E-state index in [1.54, 1.807) is 24.3 Å². The van der Waals surface area contributed by atoms with Crippen LogP contribution in [0.25, 0.3) is 0 Å². The largest absolute Gasteiger partial charge is 0.467 e. The van der Waals surface area contributed by atoms with E-state index >= 15 is 0 Å². The first-order valence-electron chi connectivity index (χ1n) is 6.86. The molecule has 122 valence electrons. The number of carbonyl (C=O) groups is 2. The highest BCUT2D eigenvalue weighted by molar-refractivity contribution is 7.98. The van der Waals surface area contributed by atoms with Crippen molar-refractivity contribution in [1.82, 2.24) is 5.32 Å². The van der Waals surface area contributed by atoms with E-state index < -0.39 is 18.0 Å². The number of hydrogen-bond acceptors (Lipinski definition) is 5. The minimum atomic E-state index is -0.938. The summed E-state index contributed by atoms with van der Waals surface area (Å²) < 4.78 is 10.3. The predicted octanol–water partition coefficient (Wildman–Crippen LogP) is 3.52. The zero-order valence-electron chi connectivity index (χ0n) is 12.7. The quantitative estimate of drug-likeness (QED) is 0.635. The van der Waals surface area contributed by atoms with Gasteiger partial charge >= 0.3 is 5.97 Å². The molecule has 0 aliphatic carbocycles. The van der Waals surface area contributed by atoms with Crippen molar-refractivity contribution < 1.29 is 18.7 Å². The maximum absolute atomic E-state index is 12.2. The maximum atomic E-state index is 12.2. The zero-order chi connectivity index (χ0) is 16.8. The van der Waals surface area contributed by atoms with Gasteiger partial charge in [-0.1, -0.05) is 11.6 Å². The number of rotatable bonds is 6. The van der Waals surface area contributed by atoms with Gasteiger partial charge in [-0.2, -0.15) is 0 Å². The average molecular weight is 354 g/mol. The Morgan fingerprint density at radius 3 is 2.83 bits per heavy atom. The van der Waals surface area contributed by atoms with Crippen molar-refractivity contribution >= 4 is 35.2 Å². The number of carbonyl (C=O) groups excluding carboxylic acids is 2. The SMILES string of the molecule is CSc1ccc(Cl)c(C(=O)O[C@@H](C)C(=O)NCc2ccco2)c1. The van der Waals surface area contributed by atoms with Gasteiger partial charge in [0, 0.05) is 4.90 Å². The van der Waals surface area contributed by atoms with Crippen molar-refractivity contribution in [2.75, 3.05) is 6.26 Å². The maximum Gasteiger partial charge on any atom is 0.340 e. The lowest BCUT2D eigenvalue weighted by Gasteiger charge is -2.14. The zero-order valence-corrected chi connectivity index (χ0v) is 14.2. The summed E-state index contributed by atoms with van der Waals surface area (Å²) in [6.07, 6.45) is 2.47. The molecule has 1 aromatic heterocycles. The van der Waals surface area contributed by atoms with E-state index in [-0.39, 0.29) is 17.1 Å². The van der Waals surface area contributed by atoms with Gasteiger partial charge in [0.1, 0.15) is 5.76 Å². The molecule has 2 aromatic rings. The molecule has 1 N–H and O–H groups in total. The Morgan fingerprint density at radius 1 is 1.39 bits per heavy atom. The fourth-order valence-electron chi connectivity index (χ4n) is 1.80. The molecule has 1 atom stereocenters. The monoisotopic (exact) mass is 353 g/mol. The van der Waals surface area contributed by atoms with Gasteiger partial charge in [0.25, 0.3) is 5.91 Å². The number of nitrogens with one attached hydrogen (secondary N) is 1. The molecule has 0 fully saturated rings. The number of amides is 1. The first-order chi connectivity index (χ1) is 11.0. The van der Waals surface area contributed by atoms with Crippen molar-refractivity contribution in [2.45, 2.75) is 24.5 Å². The van der Waals surface area contributed by atoms with Gasteiger partial charge in [-0.05, 0) is 43.5 Å². The summed E-state index contributed by atoms with van der Waals surface area (Å²) >= 11 is 7.50. The predicted molar refractivity (Wildman–Crippen MR) is 88.7 cm³/mol. The van der Waals surface area contributed by atoms with Crippen LogP contribution < -0.4 is 5.32 Å². The van der Waals surface area contributed by atoms with Crippen molar-refractivity contribution in [2.24, 2.45) is 0 Å². The molecular weight excluding hydrogens is 338 g/mol. The summed E-state index contributed by atoms with van der Waals surface area (Å²) in [5, 5.41) is 2.92. The lowest BCUT2D eigenvalue weighted by atomic mass is 10.2. The second-order valence-corrected chi connectivity index (χ2v) is 5.98. The minimum absolute atomic E-state index is 0.233. The number of benzene rings is 1. The van der Waals surface area contributed by atoms with Crippen molar-refractivity contribution in [3.63, 3.8) is 0 Å². The molecule has 0 radical (unpaired) electrons. The molecule has 2 rings (SSSR count). The average Bonchev–Trinajstić information content (AvgIpc) is 3.06. The van der Waals surface area contributed by atoms with Crippen molar-refractivity contribution in [3.8, 4) is 0 Å². The fraction of sp³-hybridized carbons (Fsp3) is 0.250. The van der Waals surface area contributed by atoms with Crippen molar-refractivity contribution in [1.29, 1.82) is 0 Å². The van der Waals surface area contributed by atoms with Crippen LogP contribution in [0, 0.1) is 0 Å². The molecule has 5 nitrogen and oxygen atoms in total. The van der Waals surface area contributed by atoms with Crippen LogP contribution in [0.15, 0.2) is 45.9 Å². The second-order valence-electron chi connectivity index (χ2n) is 4.69. The van der Waals surface area contributed by atoms with Crippen LogP contribution in [-0.4, -0.2) is 24.2 Å². The van der Waals surface area contributed by atoms with Gasteiger partial charge in [0.15, 0.2) is 6.10 Å². The Balaban J connectivity index is 1.94. The van der Waals surface area contributed by atoms with Crippen LogP contribution in [0.4, 0.5) is 0 Å². The molecule has 0 aliphatic heterocycles. The highest BCUT2D eigenvalue weighted by atomic mass is 35.5. The summed E-state index contributed by atoms with van der Waals surface area (Å²) in [7, 11) is 0. The molecule has 7 heteroatoms. The molecule has 23 heavy (non-hydrogen) atoms. The Hall–Kier alpha value is -1.92. The fourth-order valence-corrected chi connectivity index (χ4v) is 2.43. The van der Waals surface area contributed by atoms with E-state index in [9.17, 15) is 9.59 Å². The van der Waals surface area contributed by atoms with E-state index in [4.69, 9.17) is 20.8 Å². The highest BCUT2D eigenvalue weighted by Gasteiger charge is 2.21. The van der Waals surface area contributed by atoms with Gasteiger partial charge in [-0.25, -0.2) is 4.79 Å². The third-order valence-electron chi connectivity index (χ3n) is 3.06. The number of hydrogen-bond donors (Lipinski definition) is 1. The smallest absolute Gasteiger partial charge is 0.340 e. The molecule has 1 amide bonds. The topological polar surface area (TPSA) is 68.5 Å². The van der Waals surface area contributed by atoms with Gasteiger partial charge in [-0.15, -0.1) is 11.8 Å². The van der Waals surface area contributed by atoms with Crippen LogP contribution >= 0.6 is 23.4 Å². The molecule has 0 unspecified atom stereocenters. The minimum Gasteiger partial charge on any atom is -0.467 e. The standard InChI is InChI=1S/C16H16ClNO4S/c1-10(15(19)18-9-11-4-3-7-21-11)22-16(20)13-8-12(23-2)5-6-14(13)17/h3-8,10H,9H2,1-2H3,(H,18,19)/t10-/m0/s1. The molecular formula is C16H16ClNO4S. The van der Waals surface area contributed by atoms with Gasteiger partial charge < -0.3 is 14.5 Å². The lowest BCUT2D eigenvalue weighted by Crippen LogP contribution is -2.35. The Morgan fingerprint density at radius 2 is 2.17 bits per heavy atom. The van der Waals surface area contributed by atoms with E-state index in [0.29, 0.717) is 5.76 Å². The number of esters is 1. The van der Waals surface area contributed by atoms with Crippen LogP contribution in [0.3, 0.4) is 0 Å². The number of ether oxygens (including phenoxy) is 1. The molecule has 1 aromatic carbocycles. The van der Waals surface area contributed by atoms with Gasteiger partial charge in [0.05, 0.1) is 23.4 Å². The molecule has 0 saturated heterocycles. The van der Waals surface area contributed by atoms with E-state index in [0.717, 1.165) is 4.90 Å². The Kier molecular flexibility index (Phi) is 6.12. The summed E-state index contributed by atoms with van der Waals surface area (Å²) in [4.78, 5) is 25.0. The molecule has 0 saturated carbocycles. The van der Waals surface area contributed by atoms with E-state index in [1.807, 2.05) is 12.3 Å². The van der Waals surface area contributed by atoms with E-state index in [2.05, 4.69) is 5.32 Å². The van der Waals surface area contributed by atoms with Crippen LogP contribution in [0.1, 0.15) is 23.0 Å². The van der Waals surface area contributed by atoms with E-state index in [1.165, 1.54) is 24.9 Å². The number of halogens is 1. The molecule has 0 aliphatic rings. The summed E-state index contributed by atoms with van der Waals surface area (Å²) in [5.74, 6) is -0.425. The van der Waals surface area contributed by atoms with Gasteiger partial charge in [-0.3, -0.25) is 4.79 Å². The third kappa shape index (κ3) is 4.77. The van der Waals surface area contributed by atoms with Gasteiger partial charge in [0.2, 0.25) is 0 Å².